The maximum atomic E-state index is 11.2. The number of carbonyl (C=O) groups excluding carboxylic acids is 1. The Bertz CT molecular complexity index is 360. The molecule has 0 spiro atoms. The van der Waals surface area contributed by atoms with Gasteiger partial charge in [-0.1, -0.05) is 6.08 Å². The van der Waals surface area contributed by atoms with E-state index in [1.54, 1.807) is 20.2 Å². The van der Waals surface area contributed by atoms with Crippen LogP contribution < -0.4 is 5.32 Å². The normalized spacial score (nSPS) is 22.9. The lowest BCUT2D eigenvalue weighted by Gasteiger charge is -2.12. The van der Waals surface area contributed by atoms with Crippen LogP contribution in [0.1, 0.15) is 6.42 Å². The smallest absolute Gasteiger partial charge is 0.223 e. The molecular weight excluding hydrogens is 216 g/mol. The Hall–Kier alpha value is -0.880. The van der Waals surface area contributed by atoms with Gasteiger partial charge in [0.25, 0.3) is 0 Å². The lowest BCUT2D eigenvalue weighted by Crippen LogP contribution is -2.33. The van der Waals surface area contributed by atoms with Gasteiger partial charge in [-0.2, -0.15) is 0 Å². The standard InChI is InChI=1S/C9H16N2O3S/c1-11(2)9(12)3-5-10-8-4-6-15(13,14)7-8/h4,6,8,10H,3,5,7H2,1-2H3. The van der Waals surface area contributed by atoms with Crippen molar-refractivity contribution in [2.24, 2.45) is 0 Å². The number of rotatable bonds is 4. The van der Waals surface area contributed by atoms with Crippen LogP contribution in [0.15, 0.2) is 11.5 Å². The molecule has 0 saturated heterocycles. The zero-order valence-electron chi connectivity index (χ0n) is 8.93. The van der Waals surface area contributed by atoms with Gasteiger partial charge in [-0.15, -0.1) is 0 Å². The van der Waals surface area contributed by atoms with E-state index in [-0.39, 0.29) is 17.7 Å². The largest absolute Gasteiger partial charge is 0.349 e. The Morgan fingerprint density at radius 2 is 2.20 bits per heavy atom. The first-order valence-electron chi connectivity index (χ1n) is 4.75. The van der Waals surface area contributed by atoms with Crippen LogP contribution in [0, 0.1) is 0 Å². The Kier molecular flexibility index (Phi) is 3.87. The van der Waals surface area contributed by atoms with Crippen LogP contribution in [-0.4, -0.2) is 51.7 Å². The second-order valence-corrected chi connectivity index (χ2v) is 5.69. The maximum Gasteiger partial charge on any atom is 0.223 e. The highest BCUT2D eigenvalue weighted by atomic mass is 32.2. The third kappa shape index (κ3) is 4.01. The molecule has 1 heterocycles. The van der Waals surface area contributed by atoms with Crippen molar-refractivity contribution in [2.45, 2.75) is 12.5 Å². The third-order valence-electron chi connectivity index (χ3n) is 2.17. The van der Waals surface area contributed by atoms with E-state index < -0.39 is 9.84 Å². The highest BCUT2D eigenvalue weighted by molar-refractivity contribution is 7.94. The van der Waals surface area contributed by atoms with E-state index in [1.165, 1.54) is 10.3 Å². The van der Waals surface area contributed by atoms with Crippen LogP contribution in [0.3, 0.4) is 0 Å². The van der Waals surface area contributed by atoms with E-state index in [1.807, 2.05) is 0 Å². The van der Waals surface area contributed by atoms with Crippen LogP contribution in [0.5, 0.6) is 0 Å². The van der Waals surface area contributed by atoms with Gasteiger partial charge in [-0.25, -0.2) is 8.42 Å². The molecule has 0 aliphatic carbocycles. The van der Waals surface area contributed by atoms with Crippen molar-refractivity contribution in [2.75, 3.05) is 26.4 Å². The first-order valence-corrected chi connectivity index (χ1v) is 6.47. The fourth-order valence-corrected chi connectivity index (χ4v) is 2.56. The minimum absolute atomic E-state index is 0.0346. The number of amides is 1. The molecule has 0 aromatic heterocycles. The summed E-state index contributed by atoms with van der Waals surface area (Å²) in [5, 5.41) is 4.23. The summed E-state index contributed by atoms with van der Waals surface area (Å²) < 4.78 is 22.1. The van der Waals surface area contributed by atoms with Gasteiger partial charge in [0.15, 0.2) is 9.84 Å². The number of sulfone groups is 1. The van der Waals surface area contributed by atoms with Gasteiger partial charge in [0.1, 0.15) is 0 Å². The third-order valence-corrected chi connectivity index (χ3v) is 3.57. The molecule has 0 aromatic carbocycles. The SMILES string of the molecule is CN(C)C(=O)CCNC1C=CS(=O)(=O)C1. The lowest BCUT2D eigenvalue weighted by atomic mass is 10.3. The number of hydrogen-bond acceptors (Lipinski definition) is 4. The Morgan fingerprint density at radius 1 is 1.53 bits per heavy atom. The topological polar surface area (TPSA) is 66.5 Å². The molecule has 0 bridgehead atoms. The summed E-state index contributed by atoms with van der Waals surface area (Å²) in [6.07, 6.45) is 2.01. The van der Waals surface area contributed by atoms with E-state index in [2.05, 4.69) is 5.32 Å². The molecule has 1 N–H and O–H groups in total. The number of nitrogens with one attached hydrogen (secondary N) is 1. The highest BCUT2D eigenvalue weighted by Crippen LogP contribution is 2.07. The van der Waals surface area contributed by atoms with Crippen molar-refractivity contribution in [1.82, 2.24) is 10.2 Å². The Labute approximate surface area is 90.1 Å². The van der Waals surface area contributed by atoms with Crippen LogP contribution >= 0.6 is 0 Å². The summed E-state index contributed by atoms with van der Waals surface area (Å²) in [5.74, 6) is 0.135. The molecule has 0 saturated carbocycles. The van der Waals surface area contributed by atoms with Gasteiger partial charge in [-0.05, 0) is 0 Å². The monoisotopic (exact) mass is 232 g/mol. The summed E-state index contributed by atoms with van der Waals surface area (Å²) >= 11 is 0. The minimum Gasteiger partial charge on any atom is -0.349 e. The molecule has 1 aliphatic heterocycles. The molecule has 15 heavy (non-hydrogen) atoms. The number of nitrogens with zero attached hydrogens (tertiary/aromatic N) is 1. The first kappa shape index (κ1) is 12.2. The van der Waals surface area contributed by atoms with Crippen LogP contribution in [-0.2, 0) is 14.6 Å². The van der Waals surface area contributed by atoms with Crippen molar-refractivity contribution >= 4 is 15.7 Å². The van der Waals surface area contributed by atoms with Gasteiger partial charge < -0.3 is 10.2 Å². The molecule has 1 rings (SSSR count). The van der Waals surface area contributed by atoms with E-state index >= 15 is 0 Å². The minimum atomic E-state index is -3.00. The molecule has 1 unspecified atom stereocenters. The summed E-state index contributed by atoms with van der Waals surface area (Å²) in [4.78, 5) is 12.7. The van der Waals surface area contributed by atoms with Crippen molar-refractivity contribution in [3.8, 4) is 0 Å². The second-order valence-electron chi connectivity index (χ2n) is 3.76. The van der Waals surface area contributed by atoms with Gasteiger partial charge in [-0.3, -0.25) is 4.79 Å². The van der Waals surface area contributed by atoms with Crippen LogP contribution in [0.2, 0.25) is 0 Å². The highest BCUT2D eigenvalue weighted by Gasteiger charge is 2.20. The fourth-order valence-electron chi connectivity index (χ4n) is 1.29. The Balaban J connectivity index is 2.24. The zero-order valence-corrected chi connectivity index (χ0v) is 9.75. The lowest BCUT2D eigenvalue weighted by molar-refractivity contribution is -0.128. The van der Waals surface area contributed by atoms with E-state index in [4.69, 9.17) is 0 Å². The fraction of sp³-hybridized carbons (Fsp3) is 0.667. The Morgan fingerprint density at radius 3 is 2.67 bits per heavy atom. The zero-order chi connectivity index (χ0) is 11.5. The van der Waals surface area contributed by atoms with Crippen LogP contribution in [0.4, 0.5) is 0 Å². The predicted octanol–water partition coefficient (Wildman–Crippen LogP) is -0.635. The predicted molar refractivity (Wildman–Crippen MR) is 58.0 cm³/mol. The summed E-state index contributed by atoms with van der Waals surface area (Å²) in [5.41, 5.74) is 0. The molecular formula is C9H16N2O3S. The molecule has 86 valence electrons. The van der Waals surface area contributed by atoms with E-state index in [9.17, 15) is 13.2 Å². The van der Waals surface area contributed by atoms with Gasteiger partial charge in [0, 0.05) is 38.5 Å². The van der Waals surface area contributed by atoms with Crippen molar-refractivity contribution in [3.63, 3.8) is 0 Å². The molecule has 0 radical (unpaired) electrons. The summed E-state index contributed by atoms with van der Waals surface area (Å²) in [6, 6.07) is -0.148. The second kappa shape index (κ2) is 4.76. The van der Waals surface area contributed by atoms with Crippen molar-refractivity contribution < 1.29 is 13.2 Å². The van der Waals surface area contributed by atoms with Crippen LogP contribution in [0.25, 0.3) is 0 Å². The number of carbonyl (C=O) groups is 1. The summed E-state index contributed by atoms with van der Waals surface area (Å²) in [6.45, 7) is 0.502. The maximum absolute atomic E-state index is 11.2. The molecule has 6 heteroatoms. The molecule has 0 fully saturated rings. The average molecular weight is 232 g/mol. The van der Waals surface area contributed by atoms with E-state index in [0.29, 0.717) is 13.0 Å². The van der Waals surface area contributed by atoms with E-state index in [0.717, 1.165) is 0 Å². The quantitative estimate of drug-likeness (QED) is 0.700. The first-order chi connectivity index (χ1) is 6.91. The summed E-state index contributed by atoms with van der Waals surface area (Å²) in [7, 11) is 0.393. The van der Waals surface area contributed by atoms with Crippen molar-refractivity contribution in [3.05, 3.63) is 11.5 Å². The van der Waals surface area contributed by atoms with Crippen molar-refractivity contribution in [1.29, 1.82) is 0 Å². The average Bonchev–Trinajstić information content (AvgIpc) is 2.45. The molecule has 0 aromatic rings. The molecule has 1 amide bonds. The van der Waals surface area contributed by atoms with Gasteiger partial charge in [0.05, 0.1) is 5.75 Å². The van der Waals surface area contributed by atoms with Gasteiger partial charge >= 0.3 is 0 Å². The number of hydrogen-bond donors (Lipinski definition) is 1. The van der Waals surface area contributed by atoms with Gasteiger partial charge in [0.2, 0.25) is 5.91 Å². The molecule has 1 aliphatic rings. The molecule has 5 nitrogen and oxygen atoms in total. The molecule has 1 atom stereocenters.